The van der Waals surface area contributed by atoms with E-state index in [0.717, 1.165) is 27.9 Å². The largest absolute Gasteiger partial charge is 0.481 e. The van der Waals surface area contributed by atoms with Crippen molar-refractivity contribution in [2.45, 2.75) is 26.2 Å². The lowest BCUT2D eigenvalue weighted by atomic mass is 9.92. The van der Waals surface area contributed by atoms with Crippen LogP contribution in [0.3, 0.4) is 0 Å². The number of carbonyl (C=O) groups excluding carboxylic acids is 1. The topological polar surface area (TPSA) is 90.1 Å². The minimum absolute atomic E-state index is 0.0429. The summed E-state index contributed by atoms with van der Waals surface area (Å²) in [6.45, 7) is 3.73. The van der Waals surface area contributed by atoms with Crippen LogP contribution in [-0.4, -0.2) is 28.1 Å². The normalized spacial score (nSPS) is 15.3. The van der Waals surface area contributed by atoms with Gasteiger partial charge in [-0.1, -0.05) is 35.5 Å². The molecule has 7 nitrogen and oxygen atoms in total. The smallest absolute Gasteiger partial charge is 0.232 e. The Morgan fingerprint density at radius 3 is 2.70 bits per heavy atom. The molecule has 150 valence electrons. The molecule has 0 spiro atoms. The summed E-state index contributed by atoms with van der Waals surface area (Å²) >= 11 is 0. The van der Waals surface area contributed by atoms with Crippen molar-refractivity contribution in [1.82, 2.24) is 15.1 Å². The van der Waals surface area contributed by atoms with Crippen LogP contribution >= 0.6 is 0 Å². The lowest BCUT2D eigenvalue weighted by molar-refractivity contribution is -0.117. The van der Waals surface area contributed by atoms with Crippen molar-refractivity contribution in [1.29, 1.82) is 0 Å². The number of benzene rings is 1. The first-order valence-electron chi connectivity index (χ1n) is 9.72. The van der Waals surface area contributed by atoms with Crippen molar-refractivity contribution >= 4 is 22.6 Å². The Kier molecular flexibility index (Phi) is 4.24. The molecular formula is C23H20N4O3. The fourth-order valence-corrected chi connectivity index (χ4v) is 4.16. The number of anilines is 1. The number of aromatic nitrogens is 3. The van der Waals surface area contributed by atoms with Crippen LogP contribution in [0.25, 0.3) is 22.2 Å². The van der Waals surface area contributed by atoms with Crippen molar-refractivity contribution < 1.29 is 14.1 Å². The van der Waals surface area contributed by atoms with E-state index in [1.807, 2.05) is 50.2 Å². The van der Waals surface area contributed by atoms with Gasteiger partial charge in [-0.3, -0.25) is 9.78 Å². The molecule has 1 aliphatic rings. The summed E-state index contributed by atoms with van der Waals surface area (Å²) in [4.78, 5) is 22.1. The maximum Gasteiger partial charge on any atom is 0.232 e. The highest BCUT2D eigenvalue weighted by molar-refractivity contribution is 6.07. The zero-order chi connectivity index (χ0) is 20.8. The Labute approximate surface area is 173 Å². The van der Waals surface area contributed by atoms with E-state index in [1.54, 1.807) is 13.3 Å². The van der Waals surface area contributed by atoms with E-state index < -0.39 is 0 Å². The lowest BCUT2D eigenvalue weighted by Gasteiger charge is -2.13. The number of hydrogen-bond donors (Lipinski definition) is 1. The molecule has 1 atom stereocenters. The Balaban J connectivity index is 1.69. The SMILES string of the molecule is COc1nc2c3c(cnc2cc1-c1c(C)noc1C)NC(=O)C3Cc1ccccc1. The first-order chi connectivity index (χ1) is 14.6. The fourth-order valence-electron chi connectivity index (χ4n) is 4.16. The van der Waals surface area contributed by atoms with Crippen LogP contribution in [-0.2, 0) is 11.2 Å². The van der Waals surface area contributed by atoms with Crippen LogP contribution in [0.5, 0.6) is 5.88 Å². The number of methoxy groups -OCH3 is 1. The van der Waals surface area contributed by atoms with E-state index in [0.29, 0.717) is 34.8 Å². The van der Waals surface area contributed by atoms with Crippen molar-refractivity contribution in [2.24, 2.45) is 0 Å². The van der Waals surface area contributed by atoms with E-state index in [2.05, 4.69) is 15.5 Å². The number of rotatable bonds is 4. The molecule has 1 aromatic carbocycles. The highest BCUT2D eigenvalue weighted by atomic mass is 16.5. The zero-order valence-corrected chi connectivity index (χ0v) is 16.9. The molecule has 0 bridgehead atoms. The zero-order valence-electron chi connectivity index (χ0n) is 16.9. The molecular weight excluding hydrogens is 380 g/mol. The molecule has 30 heavy (non-hydrogen) atoms. The Bertz CT molecular complexity index is 1260. The number of aryl methyl sites for hydroxylation is 2. The van der Waals surface area contributed by atoms with Crippen molar-refractivity contribution in [3.63, 3.8) is 0 Å². The van der Waals surface area contributed by atoms with Gasteiger partial charge in [0.1, 0.15) is 5.76 Å². The van der Waals surface area contributed by atoms with Gasteiger partial charge in [0.05, 0.1) is 52.8 Å². The van der Waals surface area contributed by atoms with Crippen LogP contribution in [0.4, 0.5) is 5.69 Å². The van der Waals surface area contributed by atoms with Gasteiger partial charge in [0.2, 0.25) is 11.8 Å². The molecule has 0 radical (unpaired) electrons. The fraction of sp³-hybridized carbons (Fsp3) is 0.217. The van der Waals surface area contributed by atoms with Gasteiger partial charge in [-0.2, -0.15) is 0 Å². The van der Waals surface area contributed by atoms with Crippen LogP contribution in [0.15, 0.2) is 47.1 Å². The molecule has 3 aromatic heterocycles. The molecule has 0 aliphatic carbocycles. The summed E-state index contributed by atoms with van der Waals surface area (Å²) < 4.78 is 10.9. The number of hydrogen-bond acceptors (Lipinski definition) is 6. The maximum atomic E-state index is 12.8. The van der Waals surface area contributed by atoms with Gasteiger partial charge < -0.3 is 14.6 Å². The van der Waals surface area contributed by atoms with Gasteiger partial charge in [-0.05, 0) is 31.9 Å². The Morgan fingerprint density at radius 1 is 1.20 bits per heavy atom. The first-order valence-corrected chi connectivity index (χ1v) is 9.72. The van der Waals surface area contributed by atoms with E-state index >= 15 is 0 Å². The van der Waals surface area contributed by atoms with Gasteiger partial charge in [0.25, 0.3) is 0 Å². The number of pyridine rings is 2. The van der Waals surface area contributed by atoms with E-state index in [-0.39, 0.29) is 11.8 Å². The van der Waals surface area contributed by atoms with Crippen molar-refractivity contribution in [3.8, 4) is 17.0 Å². The van der Waals surface area contributed by atoms with E-state index in [9.17, 15) is 4.79 Å². The van der Waals surface area contributed by atoms with Crippen LogP contribution in [0, 0.1) is 13.8 Å². The van der Waals surface area contributed by atoms with E-state index in [1.165, 1.54) is 0 Å². The standard InChI is InChI=1S/C23H20N4O3/c1-12-19(13(2)30-27-12)16-10-17-21(26-23(16)29-3)20-15(9-14-7-5-4-6-8-14)22(28)25-18(20)11-24-17/h4-8,10-11,15H,9H2,1-3H3,(H,25,28). The summed E-state index contributed by atoms with van der Waals surface area (Å²) in [5, 5.41) is 6.99. The number of carbonyl (C=O) groups is 1. The maximum absolute atomic E-state index is 12.8. The molecule has 1 amide bonds. The van der Waals surface area contributed by atoms with Gasteiger partial charge in [0.15, 0.2) is 0 Å². The third kappa shape index (κ3) is 2.82. The lowest BCUT2D eigenvalue weighted by Crippen LogP contribution is -2.14. The van der Waals surface area contributed by atoms with Crippen LogP contribution < -0.4 is 10.1 Å². The summed E-state index contributed by atoms with van der Waals surface area (Å²) in [6.07, 6.45) is 2.29. The number of nitrogens with zero attached hydrogens (tertiary/aromatic N) is 3. The number of fused-ring (bicyclic) bond motifs is 3. The highest BCUT2D eigenvalue weighted by Crippen LogP contribution is 2.42. The predicted octanol–water partition coefficient (Wildman–Crippen LogP) is 4.19. The number of ether oxygens (including phenoxy) is 1. The van der Waals surface area contributed by atoms with Gasteiger partial charge >= 0.3 is 0 Å². The second-order valence-electron chi connectivity index (χ2n) is 7.43. The van der Waals surface area contributed by atoms with Gasteiger partial charge in [-0.15, -0.1) is 0 Å². The molecule has 7 heteroatoms. The molecule has 0 saturated carbocycles. The van der Waals surface area contributed by atoms with E-state index in [4.69, 9.17) is 14.2 Å². The van der Waals surface area contributed by atoms with Crippen molar-refractivity contribution in [3.05, 3.63) is 65.2 Å². The molecule has 4 aromatic rings. The van der Waals surface area contributed by atoms with Crippen LogP contribution in [0.1, 0.15) is 28.5 Å². The highest BCUT2D eigenvalue weighted by Gasteiger charge is 2.34. The minimum Gasteiger partial charge on any atom is -0.481 e. The van der Waals surface area contributed by atoms with Gasteiger partial charge in [-0.25, -0.2) is 4.98 Å². The minimum atomic E-state index is -0.338. The molecule has 0 saturated heterocycles. The molecule has 5 rings (SSSR count). The van der Waals surface area contributed by atoms with Gasteiger partial charge in [0, 0.05) is 5.56 Å². The quantitative estimate of drug-likeness (QED) is 0.552. The summed E-state index contributed by atoms with van der Waals surface area (Å²) in [5.41, 5.74) is 6.38. The molecule has 4 heterocycles. The van der Waals surface area contributed by atoms with Crippen LogP contribution in [0.2, 0.25) is 0 Å². The first kappa shape index (κ1) is 18.3. The third-order valence-corrected chi connectivity index (χ3v) is 5.55. The monoisotopic (exact) mass is 400 g/mol. The summed E-state index contributed by atoms with van der Waals surface area (Å²) in [6, 6.07) is 11.9. The molecule has 1 aliphatic heterocycles. The Morgan fingerprint density at radius 2 is 2.00 bits per heavy atom. The average Bonchev–Trinajstić information content (AvgIpc) is 3.26. The third-order valence-electron chi connectivity index (χ3n) is 5.55. The summed E-state index contributed by atoms with van der Waals surface area (Å²) in [5.74, 6) is 0.755. The second-order valence-corrected chi connectivity index (χ2v) is 7.43. The number of nitrogens with one attached hydrogen (secondary N) is 1. The number of amides is 1. The Hall–Kier alpha value is -3.74. The summed E-state index contributed by atoms with van der Waals surface area (Å²) in [7, 11) is 1.58. The molecule has 0 fully saturated rings. The predicted molar refractivity (Wildman–Crippen MR) is 113 cm³/mol. The van der Waals surface area contributed by atoms with Crippen molar-refractivity contribution in [2.75, 3.05) is 12.4 Å². The average molecular weight is 400 g/mol. The molecule has 1 N–H and O–H groups in total. The second kappa shape index (κ2) is 6.95. The molecule has 1 unspecified atom stereocenters.